The van der Waals surface area contributed by atoms with E-state index in [1.807, 2.05) is 32.9 Å². The third kappa shape index (κ3) is 8.53. The highest BCUT2D eigenvalue weighted by Gasteiger charge is 2.28. The van der Waals surface area contributed by atoms with E-state index in [1.54, 1.807) is 28.8 Å². The van der Waals surface area contributed by atoms with Crippen molar-refractivity contribution in [3.05, 3.63) is 46.0 Å². The Balaban J connectivity index is 1.23. The Bertz CT molecular complexity index is 1720. The molecule has 5 rings (SSSR count). The maximum absolute atomic E-state index is 13.5. The van der Waals surface area contributed by atoms with Gasteiger partial charge in [-0.25, -0.2) is 14.8 Å². The number of nitrogens with one attached hydrogen (secondary N) is 1. The lowest BCUT2D eigenvalue weighted by molar-refractivity contribution is -0.132. The molecule has 0 spiro atoms. The summed E-state index contributed by atoms with van der Waals surface area (Å²) in [4.78, 5) is 71.2. The zero-order valence-corrected chi connectivity index (χ0v) is 29.3. The first kappa shape index (κ1) is 35.7. The summed E-state index contributed by atoms with van der Waals surface area (Å²) in [5, 5.41) is 3.85. The molecule has 0 aromatic carbocycles. The summed E-state index contributed by atoms with van der Waals surface area (Å²) < 4.78 is 7.23. The number of hydrogen-bond donors (Lipinski definition) is 2. The Morgan fingerprint density at radius 2 is 1.76 bits per heavy atom. The second-order valence-electron chi connectivity index (χ2n) is 13.9. The summed E-state index contributed by atoms with van der Waals surface area (Å²) in [5.41, 5.74) is 6.92. The lowest BCUT2D eigenvalue weighted by Crippen LogP contribution is -2.52. The Hall–Kier alpha value is -4.59. The molecule has 1 aliphatic carbocycles. The minimum atomic E-state index is -0.653. The van der Waals surface area contributed by atoms with Crippen LogP contribution in [0, 0.1) is 6.92 Å². The molecule has 3 aromatic heterocycles. The summed E-state index contributed by atoms with van der Waals surface area (Å²) in [6.45, 7) is 11.8. The average Bonchev–Trinajstić information content (AvgIpc) is 3.58. The summed E-state index contributed by atoms with van der Waals surface area (Å²) >= 11 is 0. The average molecular weight is 676 g/mol. The van der Waals surface area contributed by atoms with Crippen molar-refractivity contribution >= 4 is 46.3 Å². The zero-order valence-electron chi connectivity index (χ0n) is 29.3. The first-order valence-electron chi connectivity index (χ1n) is 17.2. The lowest BCUT2D eigenvalue weighted by Gasteiger charge is -2.37. The van der Waals surface area contributed by atoms with E-state index in [0.717, 1.165) is 37.8 Å². The molecule has 3 aromatic rings. The van der Waals surface area contributed by atoms with Crippen LogP contribution in [-0.4, -0.2) is 98.5 Å². The molecule has 0 radical (unpaired) electrons. The van der Waals surface area contributed by atoms with Crippen LogP contribution in [0.15, 0.2) is 29.3 Å². The molecule has 2 aliphatic rings. The Labute approximate surface area is 287 Å². The number of Topliss-reactive ketones (excluding diaryl/α,β-unsaturated/α-hetero) is 1. The van der Waals surface area contributed by atoms with Crippen LogP contribution < -0.4 is 21.5 Å². The third-order valence-electron chi connectivity index (χ3n) is 9.10. The van der Waals surface area contributed by atoms with Crippen LogP contribution in [0.5, 0.6) is 0 Å². The summed E-state index contributed by atoms with van der Waals surface area (Å²) in [7, 11) is 0. The molecule has 1 saturated heterocycles. The Morgan fingerprint density at radius 1 is 1.04 bits per heavy atom. The van der Waals surface area contributed by atoms with Gasteiger partial charge in [0.15, 0.2) is 5.78 Å². The van der Waals surface area contributed by atoms with Crippen molar-refractivity contribution in [1.82, 2.24) is 29.3 Å². The van der Waals surface area contributed by atoms with Gasteiger partial charge >= 0.3 is 6.09 Å². The van der Waals surface area contributed by atoms with Gasteiger partial charge in [-0.15, -0.1) is 0 Å². The number of nitrogens with zero attached hydrogens (tertiary/aromatic N) is 7. The van der Waals surface area contributed by atoms with E-state index >= 15 is 0 Å². The van der Waals surface area contributed by atoms with Crippen LogP contribution in [0.2, 0.25) is 0 Å². The molecule has 14 nitrogen and oxygen atoms in total. The van der Waals surface area contributed by atoms with Gasteiger partial charge in [0.25, 0.3) is 5.56 Å². The third-order valence-corrected chi connectivity index (χ3v) is 9.10. The fourth-order valence-corrected chi connectivity index (χ4v) is 6.56. The highest BCUT2D eigenvalue weighted by Crippen LogP contribution is 2.32. The van der Waals surface area contributed by atoms with Gasteiger partial charge in [0, 0.05) is 50.3 Å². The second-order valence-corrected chi connectivity index (χ2v) is 13.9. The fourth-order valence-electron chi connectivity index (χ4n) is 6.56. The number of carbonyl (C=O) groups excluding carboxylic acids is 3. The van der Waals surface area contributed by atoms with Gasteiger partial charge in [-0.2, -0.15) is 4.98 Å². The molecule has 1 saturated carbocycles. The van der Waals surface area contributed by atoms with Crippen molar-refractivity contribution in [1.29, 1.82) is 0 Å². The number of ketones is 1. The minimum absolute atomic E-state index is 0.00476. The van der Waals surface area contributed by atoms with Gasteiger partial charge in [-0.05, 0) is 84.5 Å². The summed E-state index contributed by atoms with van der Waals surface area (Å²) in [5.74, 6) is 0.483. The topological polar surface area (TPSA) is 169 Å². The number of aromatic nitrogens is 4. The Kier molecular flexibility index (Phi) is 11.2. The first-order valence-corrected chi connectivity index (χ1v) is 17.2. The number of rotatable bonds is 11. The smallest absolute Gasteiger partial charge is 0.410 e. The van der Waals surface area contributed by atoms with Gasteiger partial charge in [0.1, 0.15) is 23.6 Å². The van der Waals surface area contributed by atoms with Crippen LogP contribution in [-0.2, 0) is 9.53 Å². The molecule has 264 valence electrons. The van der Waals surface area contributed by atoms with Crippen LogP contribution >= 0.6 is 0 Å². The predicted molar refractivity (Wildman–Crippen MR) is 188 cm³/mol. The normalized spacial score (nSPS) is 15.5. The number of unbranched alkanes of at least 4 members (excludes halogenated alkanes) is 1. The maximum Gasteiger partial charge on any atom is 0.410 e. The molecule has 14 heteroatoms. The van der Waals surface area contributed by atoms with Crippen LogP contribution in [0.3, 0.4) is 0 Å². The summed E-state index contributed by atoms with van der Waals surface area (Å²) in [6.07, 6.45) is 8.19. The van der Waals surface area contributed by atoms with E-state index in [2.05, 4.69) is 20.2 Å². The Morgan fingerprint density at radius 3 is 2.37 bits per heavy atom. The molecule has 4 heterocycles. The largest absolute Gasteiger partial charge is 0.444 e. The van der Waals surface area contributed by atoms with E-state index in [1.165, 1.54) is 11.8 Å². The van der Waals surface area contributed by atoms with Gasteiger partial charge in [-0.1, -0.05) is 12.8 Å². The van der Waals surface area contributed by atoms with Gasteiger partial charge in [0.2, 0.25) is 11.9 Å². The van der Waals surface area contributed by atoms with Crippen molar-refractivity contribution < 1.29 is 19.1 Å². The fraction of sp³-hybridized carbons (Fsp3) is 0.571. The summed E-state index contributed by atoms with van der Waals surface area (Å²) in [6, 6.07) is 3.79. The van der Waals surface area contributed by atoms with E-state index < -0.39 is 11.7 Å². The molecule has 3 N–H and O–H groups in total. The van der Waals surface area contributed by atoms with Crippen molar-refractivity contribution in [2.45, 2.75) is 84.8 Å². The van der Waals surface area contributed by atoms with E-state index in [-0.39, 0.29) is 35.4 Å². The highest BCUT2D eigenvalue weighted by atomic mass is 16.6. The standard InChI is InChI=1S/C35H49N9O5/c1-23-27-21-38-33(40-31(27)44(25-10-6-7-11-25)32(47)30(23)24(2)45)39-28-13-12-26(20-37-28)41-16-18-42(19-17-41)29(46)22-43(15-9-8-14-36)34(48)49-35(3,4)5/h12-13,20-21,25H,6-11,14-19,22,36H2,1-5H3,(H,37,38,39,40). The van der Waals surface area contributed by atoms with Crippen molar-refractivity contribution in [3.8, 4) is 0 Å². The van der Waals surface area contributed by atoms with E-state index in [9.17, 15) is 19.2 Å². The SMILES string of the molecule is CC(=O)c1c(C)c2cnc(Nc3ccc(N4CCN(C(=O)CN(CCCCN)C(=O)OC(C)(C)C)CC4)cn3)nc2n(C2CCCC2)c1=O. The molecule has 0 unspecified atom stereocenters. The monoisotopic (exact) mass is 675 g/mol. The molecule has 49 heavy (non-hydrogen) atoms. The van der Waals surface area contributed by atoms with Gasteiger partial charge < -0.3 is 25.6 Å². The number of pyridine rings is 2. The van der Waals surface area contributed by atoms with E-state index in [4.69, 9.17) is 15.5 Å². The number of amides is 2. The first-order chi connectivity index (χ1) is 23.4. The molecule has 2 fully saturated rings. The maximum atomic E-state index is 13.5. The zero-order chi connectivity index (χ0) is 35.3. The number of ether oxygens (including phenoxy) is 1. The van der Waals surface area contributed by atoms with Crippen molar-refractivity contribution in [2.75, 3.05) is 56.0 Å². The van der Waals surface area contributed by atoms with Crippen molar-refractivity contribution in [2.24, 2.45) is 5.73 Å². The number of aryl methyl sites for hydroxylation is 1. The molecule has 0 bridgehead atoms. The van der Waals surface area contributed by atoms with E-state index in [0.29, 0.717) is 74.1 Å². The lowest BCUT2D eigenvalue weighted by atomic mass is 10.0. The highest BCUT2D eigenvalue weighted by molar-refractivity contribution is 5.99. The minimum Gasteiger partial charge on any atom is -0.444 e. The van der Waals surface area contributed by atoms with Gasteiger partial charge in [0.05, 0.1) is 17.4 Å². The van der Waals surface area contributed by atoms with Crippen LogP contribution in [0.25, 0.3) is 11.0 Å². The number of hydrogen-bond acceptors (Lipinski definition) is 11. The number of anilines is 3. The number of nitrogens with two attached hydrogens (primary N) is 1. The molecule has 2 amide bonds. The molecule has 0 atom stereocenters. The molecular weight excluding hydrogens is 626 g/mol. The number of piperazine rings is 1. The number of carbonyl (C=O) groups is 3. The predicted octanol–water partition coefficient (Wildman–Crippen LogP) is 4.18. The van der Waals surface area contributed by atoms with Crippen molar-refractivity contribution in [3.63, 3.8) is 0 Å². The molecular formula is C35H49N9O5. The van der Waals surface area contributed by atoms with Crippen LogP contribution in [0.4, 0.5) is 22.2 Å². The molecule has 1 aliphatic heterocycles. The van der Waals surface area contributed by atoms with Gasteiger partial charge in [-0.3, -0.25) is 23.9 Å². The second kappa shape index (κ2) is 15.3. The van der Waals surface area contributed by atoms with Crippen LogP contribution in [0.1, 0.15) is 88.2 Å². The quantitative estimate of drug-likeness (QED) is 0.221. The number of fused-ring (bicyclic) bond motifs is 1.